The van der Waals surface area contributed by atoms with Crippen molar-refractivity contribution < 1.29 is 17.7 Å². The molecule has 1 N–H and O–H groups in total. The van der Waals surface area contributed by atoms with E-state index in [0.717, 1.165) is 58.9 Å². The number of unbranched alkanes of at least 4 members (excludes halogenated alkanes) is 1. The highest BCUT2D eigenvalue weighted by atomic mass is 32.2. The average molecular weight is 380 g/mol. The van der Waals surface area contributed by atoms with Gasteiger partial charge in [0.05, 0.1) is 19.0 Å². The lowest BCUT2D eigenvalue weighted by atomic mass is 10.2. The van der Waals surface area contributed by atoms with Gasteiger partial charge in [-0.2, -0.15) is 8.42 Å². The summed E-state index contributed by atoms with van der Waals surface area (Å²) in [4.78, 5) is 7.39. The van der Waals surface area contributed by atoms with E-state index in [4.69, 9.17) is 9.29 Å². The van der Waals surface area contributed by atoms with E-state index in [-0.39, 0.29) is 12.0 Å². The van der Waals surface area contributed by atoms with Gasteiger partial charge >= 0.3 is 0 Å². The monoisotopic (exact) mass is 379 g/mol. The van der Waals surface area contributed by atoms with Crippen molar-refractivity contribution in [1.82, 2.24) is 14.7 Å². The lowest BCUT2D eigenvalue weighted by Gasteiger charge is -2.47. The predicted molar refractivity (Wildman–Crippen MR) is 101 cm³/mol. The molecule has 1 aliphatic heterocycles. The molecule has 25 heavy (non-hydrogen) atoms. The van der Waals surface area contributed by atoms with Crippen LogP contribution in [0.1, 0.15) is 40.5 Å². The summed E-state index contributed by atoms with van der Waals surface area (Å²) in [6.07, 6.45) is 1.46. The van der Waals surface area contributed by atoms with Crippen LogP contribution in [0.3, 0.4) is 0 Å². The van der Waals surface area contributed by atoms with Crippen LogP contribution in [0.25, 0.3) is 0 Å². The van der Waals surface area contributed by atoms with Gasteiger partial charge < -0.3 is 4.74 Å². The van der Waals surface area contributed by atoms with Crippen LogP contribution in [0.5, 0.6) is 0 Å². The zero-order valence-corrected chi connectivity index (χ0v) is 17.2. The van der Waals surface area contributed by atoms with Gasteiger partial charge in [-0.25, -0.2) is 0 Å². The summed E-state index contributed by atoms with van der Waals surface area (Å²) < 4.78 is 36.3. The van der Waals surface area contributed by atoms with Crippen molar-refractivity contribution in [2.24, 2.45) is 5.92 Å². The van der Waals surface area contributed by atoms with Crippen molar-refractivity contribution >= 4 is 10.1 Å². The highest BCUT2D eigenvalue weighted by Crippen LogP contribution is 2.17. The number of ether oxygens (including phenoxy) is 1. The first kappa shape index (κ1) is 22.8. The van der Waals surface area contributed by atoms with Crippen LogP contribution in [0, 0.1) is 5.92 Å². The van der Waals surface area contributed by atoms with Gasteiger partial charge in [0, 0.05) is 26.2 Å². The third-order valence-electron chi connectivity index (χ3n) is 4.54. The summed E-state index contributed by atoms with van der Waals surface area (Å²) in [5, 5.41) is 0. The van der Waals surface area contributed by atoms with Gasteiger partial charge in [-0.1, -0.05) is 27.7 Å². The van der Waals surface area contributed by atoms with E-state index >= 15 is 0 Å². The Balaban J connectivity index is 2.82. The fourth-order valence-corrected chi connectivity index (χ4v) is 3.99. The summed E-state index contributed by atoms with van der Waals surface area (Å²) in [6.45, 7) is 15.9. The molecule has 1 heterocycles. The molecule has 0 bridgehead atoms. The second-order valence-corrected chi connectivity index (χ2v) is 8.67. The minimum absolute atomic E-state index is 0.157. The minimum Gasteiger partial charge on any atom is -0.379 e. The number of rotatable bonds is 12. The summed E-state index contributed by atoms with van der Waals surface area (Å²) in [7, 11) is -3.87. The topological polar surface area (TPSA) is 73.3 Å². The maximum Gasteiger partial charge on any atom is 0.264 e. The van der Waals surface area contributed by atoms with Crippen LogP contribution in [0.4, 0.5) is 0 Å². The smallest absolute Gasteiger partial charge is 0.264 e. The Morgan fingerprint density at radius 3 is 2.16 bits per heavy atom. The quantitative estimate of drug-likeness (QED) is 0.313. The van der Waals surface area contributed by atoms with Crippen LogP contribution in [0.2, 0.25) is 0 Å². The maximum atomic E-state index is 10.9. The van der Waals surface area contributed by atoms with Gasteiger partial charge in [-0.3, -0.25) is 19.3 Å². The Morgan fingerprint density at radius 2 is 1.68 bits per heavy atom. The lowest BCUT2D eigenvalue weighted by molar-refractivity contribution is -0.106. The molecule has 8 heteroatoms. The zero-order chi connectivity index (χ0) is 18.9. The van der Waals surface area contributed by atoms with Crippen molar-refractivity contribution in [2.45, 2.75) is 46.8 Å². The van der Waals surface area contributed by atoms with Crippen LogP contribution in [-0.4, -0.2) is 92.2 Å². The van der Waals surface area contributed by atoms with Gasteiger partial charge in [0.15, 0.2) is 0 Å². The summed E-state index contributed by atoms with van der Waals surface area (Å²) in [6, 6.07) is 0. The molecule has 1 fully saturated rings. The van der Waals surface area contributed by atoms with Crippen LogP contribution >= 0.6 is 0 Å². The van der Waals surface area contributed by atoms with Crippen molar-refractivity contribution in [3.63, 3.8) is 0 Å². The first-order valence-electron chi connectivity index (χ1n) is 9.53. The van der Waals surface area contributed by atoms with Crippen molar-refractivity contribution in [3.8, 4) is 0 Å². The molecule has 1 rings (SSSR count). The second-order valence-electron chi connectivity index (χ2n) is 7.10. The molecule has 0 spiro atoms. The average Bonchev–Trinajstić information content (AvgIpc) is 2.55. The Bertz CT molecular complexity index is 449. The third kappa shape index (κ3) is 8.79. The molecule has 0 radical (unpaired) electrons. The van der Waals surface area contributed by atoms with Crippen molar-refractivity contribution in [2.75, 3.05) is 58.2 Å². The summed E-state index contributed by atoms with van der Waals surface area (Å²) >= 11 is 0. The molecular formula is C17H37N3O4S. The zero-order valence-electron chi connectivity index (χ0n) is 16.4. The Labute approximate surface area is 154 Å². The SMILES string of the molecule is CCN(CC)C(N1CCOCC1)N(CCCCS(=O)(=O)O)CC(C)C. The van der Waals surface area contributed by atoms with E-state index in [1.807, 2.05) is 0 Å². The Hall–Kier alpha value is -0.250. The molecule has 150 valence electrons. The highest BCUT2D eigenvalue weighted by molar-refractivity contribution is 7.85. The first-order valence-corrected chi connectivity index (χ1v) is 11.1. The summed E-state index contributed by atoms with van der Waals surface area (Å²) in [5.41, 5.74) is 0. The van der Waals surface area contributed by atoms with Gasteiger partial charge in [-0.15, -0.1) is 0 Å². The van der Waals surface area contributed by atoms with E-state index < -0.39 is 10.1 Å². The maximum absolute atomic E-state index is 10.9. The highest BCUT2D eigenvalue weighted by Gasteiger charge is 2.30. The molecule has 1 saturated heterocycles. The van der Waals surface area contributed by atoms with Crippen LogP contribution < -0.4 is 0 Å². The minimum atomic E-state index is -3.87. The number of morpholine rings is 1. The second kappa shape index (κ2) is 11.5. The fourth-order valence-electron chi connectivity index (χ4n) is 3.42. The van der Waals surface area contributed by atoms with Gasteiger partial charge in [0.1, 0.15) is 6.29 Å². The predicted octanol–water partition coefficient (Wildman–Crippen LogP) is 1.57. The van der Waals surface area contributed by atoms with Gasteiger partial charge in [-0.05, 0) is 31.8 Å². The number of hydrogen-bond acceptors (Lipinski definition) is 6. The van der Waals surface area contributed by atoms with E-state index in [2.05, 4.69) is 42.4 Å². The van der Waals surface area contributed by atoms with Crippen molar-refractivity contribution in [1.29, 1.82) is 0 Å². The van der Waals surface area contributed by atoms with E-state index in [1.165, 1.54) is 0 Å². The van der Waals surface area contributed by atoms with E-state index in [0.29, 0.717) is 12.3 Å². The molecule has 0 saturated carbocycles. The van der Waals surface area contributed by atoms with E-state index in [1.54, 1.807) is 0 Å². The normalized spacial score (nSPS) is 18.4. The third-order valence-corrected chi connectivity index (χ3v) is 5.34. The van der Waals surface area contributed by atoms with Crippen molar-refractivity contribution in [3.05, 3.63) is 0 Å². The Kier molecular flexibility index (Phi) is 10.4. The molecule has 0 amide bonds. The molecule has 1 unspecified atom stereocenters. The largest absolute Gasteiger partial charge is 0.379 e. The van der Waals surface area contributed by atoms with Crippen LogP contribution in [-0.2, 0) is 14.9 Å². The van der Waals surface area contributed by atoms with E-state index in [9.17, 15) is 8.42 Å². The number of hydrogen-bond donors (Lipinski definition) is 1. The molecule has 0 aliphatic carbocycles. The molecule has 0 aromatic rings. The standard InChI is InChI=1S/C17H37N3O4S/c1-5-18(6-2)17(19-10-12-24-13-11-19)20(15-16(3)4)9-7-8-14-25(21,22)23/h16-17H,5-15H2,1-4H3,(H,21,22,23). The molecule has 7 nitrogen and oxygen atoms in total. The van der Waals surface area contributed by atoms with Crippen LogP contribution in [0.15, 0.2) is 0 Å². The van der Waals surface area contributed by atoms with Gasteiger partial charge in [0.25, 0.3) is 10.1 Å². The molecular weight excluding hydrogens is 342 g/mol. The lowest BCUT2D eigenvalue weighted by Crippen LogP contribution is -2.61. The number of nitrogens with zero attached hydrogens (tertiary/aromatic N) is 3. The Morgan fingerprint density at radius 1 is 1.08 bits per heavy atom. The summed E-state index contributed by atoms with van der Waals surface area (Å²) in [5.74, 6) is 0.372. The molecule has 1 atom stereocenters. The molecule has 1 aliphatic rings. The van der Waals surface area contributed by atoms with Gasteiger partial charge in [0.2, 0.25) is 0 Å². The first-order chi connectivity index (χ1) is 11.8. The molecule has 0 aromatic carbocycles. The molecule has 0 aromatic heterocycles. The fraction of sp³-hybridized carbons (Fsp3) is 1.00.